The van der Waals surface area contributed by atoms with Crippen LogP contribution in [0.5, 0.6) is 0 Å². The van der Waals surface area contributed by atoms with Crippen molar-refractivity contribution in [2.75, 3.05) is 22.9 Å². The number of aryl methyl sites for hydroxylation is 1. The number of sulfonamides is 1. The van der Waals surface area contributed by atoms with Gasteiger partial charge in [-0.3, -0.25) is 9.52 Å². The standard InChI is InChI=1S/C25H25F3N4O3S/c1-17-15-18(9-12-21(17)31-36(3,34)35)16-29-23(33)14-11-19-10-13-22(25(26,27)28)30-24(19)32(2)20-7-5-4-6-8-20/h4-15,31H,16H2,1-3H3,(H,29,33)/b14-11+. The van der Waals surface area contributed by atoms with Crippen molar-refractivity contribution in [3.63, 3.8) is 0 Å². The molecule has 0 bridgehead atoms. The lowest BCUT2D eigenvalue weighted by molar-refractivity contribution is -0.141. The molecule has 0 radical (unpaired) electrons. The number of benzene rings is 2. The topological polar surface area (TPSA) is 91.4 Å². The Bertz CT molecular complexity index is 1380. The van der Waals surface area contributed by atoms with Crippen LogP contribution in [0.1, 0.15) is 22.4 Å². The van der Waals surface area contributed by atoms with Gasteiger partial charge in [-0.15, -0.1) is 0 Å². The lowest BCUT2D eigenvalue weighted by Crippen LogP contribution is -2.20. The van der Waals surface area contributed by atoms with E-state index in [0.29, 0.717) is 22.5 Å². The van der Waals surface area contributed by atoms with Crippen molar-refractivity contribution in [3.8, 4) is 0 Å². The summed E-state index contributed by atoms with van der Waals surface area (Å²) < 4.78 is 65.1. The van der Waals surface area contributed by atoms with E-state index >= 15 is 0 Å². The number of carbonyl (C=O) groups excluding carboxylic acids is 1. The highest BCUT2D eigenvalue weighted by Gasteiger charge is 2.33. The number of rotatable bonds is 8. The van der Waals surface area contributed by atoms with Gasteiger partial charge in [0.2, 0.25) is 15.9 Å². The van der Waals surface area contributed by atoms with Crippen LogP contribution >= 0.6 is 0 Å². The van der Waals surface area contributed by atoms with E-state index in [0.717, 1.165) is 17.9 Å². The van der Waals surface area contributed by atoms with Crippen LogP contribution < -0.4 is 14.9 Å². The number of hydrogen-bond acceptors (Lipinski definition) is 5. The molecular formula is C25H25F3N4O3S. The largest absolute Gasteiger partial charge is 0.433 e. The first kappa shape index (κ1) is 26.7. The predicted molar refractivity (Wildman–Crippen MR) is 134 cm³/mol. The maximum Gasteiger partial charge on any atom is 0.433 e. The summed E-state index contributed by atoms with van der Waals surface area (Å²) in [7, 11) is -1.81. The SMILES string of the molecule is Cc1cc(CNC(=O)/C=C/c2ccc(C(F)(F)F)nc2N(C)c2ccccc2)ccc1NS(C)(=O)=O. The number of anilines is 3. The summed E-state index contributed by atoms with van der Waals surface area (Å²) in [4.78, 5) is 17.7. The van der Waals surface area contributed by atoms with Crippen molar-refractivity contribution in [2.24, 2.45) is 0 Å². The van der Waals surface area contributed by atoms with Crippen LogP contribution in [0.15, 0.2) is 66.7 Å². The van der Waals surface area contributed by atoms with Gasteiger partial charge in [-0.25, -0.2) is 13.4 Å². The molecule has 0 aliphatic carbocycles. The van der Waals surface area contributed by atoms with Crippen LogP contribution in [0.2, 0.25) is 0 Å². The van der Waals surface area contributed by atoms with Gasteiger partial charge >= 0.3 is 6.18 Å². The van der Waals surface area contributed by atoms with Gasteiger partial charge in [0.15, 0.2) is 0 Å². The molecule has 3 rings (SSSR count). The van der Waals surface area contributed by atoms with E-state index in [1.54, 1.807) is 62.5 Å². The molecule has 0 atom stereocenters. The van der Waals surface area contributed by atoms with Gasteiger partial charge in [-0.2, -0.15) is 13.2 Å². The Kier molecular flexibility index (Phi) is 8.03. The lowest BCUT2D eigenvalue weighted by atomic mass is 10.1. The highest BCUT2D eigenvalue weighted by atomic mass is 32.2. The molecule has 0 aliphatic rings. The van der Waals surface area contributed by atoms with Crippen molar-refractivity contribution in [3.05, 3.63) is 89.1 Å². The van der Waals surface area contributed by atoms with Crippen molar-refractivity contribution in [2.45, 2.75) is 19.6 Å². The zero-order valence-electron chi connectivity index (χ0n) is 19.8. The summed E-state index contributed by atoms with van der Waals surface area (Å²) in [6, 6.07) is 15.9. The molecule has 11 heteroatoms. The molecule has 2 N–H and O–H groups in total. The summed E-state index contributed by atoms with van der Waals surface area (Å²) in [5.41, 5.74) is 1.80. The van der Waals surface area contributed by atoms with E-state index in [-0.39, 0.29) is 12.4 Å². The average molecular weight is 519 g/mol. The van der Waals surface area contributed by atoms with Crippen LogP contribution in [-0.4, -0.2) is 32.6 Å². The van der Waals surface area contributed by atoms with E-state index in [1.165, 1.54) is 23.1 Å². The number of carbonyl (C=O) groups is 1. The molecular weight excluding hydrogens is 493 g/mol. The number of alkyl halides is 3. The number of para-hydroxylation sites is 1. The molecule has 190 valence electrons. The van der Waals surface area contributed by atoms with Gasteiger partial charge in [0.1, 0.15) is 11.5 Å². The number of aromatic nitrogens is 1. The first-order chi connectivity index (χ1) is 16.8. The molecule has 7 nitrogen and oxygen atoms in total. The normalized spacial score (nSPS) is 11.9. The minimum Gasteiger partial charge on any atom is -0.348 e. The van der Waals surface area contributed by atoms with Gasteiger partial charge in [0.25, 0.3) is 0 Å². The molecule has 0 saturated heterocycles. The Hall–Kier alpha value is -3.86. The van der Waals surface area contributed by atoms with Gasteiger partial charge in [0.05, 0.1) is 11.9 Å². The predicted octanol–water partition coefficient (Wildman–Crippen LogP) is 4.88. The van der Waals surface area contributed by atoms with E-state index in [1.807, 2.05) is 0 Å². The van der Waals surface area contributed by atoms with Crippen LogP contribution in [0, 0.1) is 6.92 Å². The zero-order chi connectivity index (χ0) is 26.5. The fourth-order valence-electron chi connectivity index (χ4n) is 3.35. The molecule has 1 amide bonds. The third-order valence-corrected chi connectivity index (χ3v) is 5.71. The Morgan fingerprint density at radius 3 is 2.39 bits per heavy atom. The molecule has 1 aromatic heterocycles. The molecule has 3 aromatic rings. The van der Waals surface area contributed by atoms with Gasteiger partial charge < -0.3 is 10.2 Å². The van der Waals surface area contributed by atoms with Crippen molar-refractivity contribution in [1.29, 1.82) is 0 Å². The summed E-state index contributed by atoms with van der Waals surface area (Å²) in [6.07, 6.45) is -0.931. The molecule has 1 heterocycles. The van der Waals surface area contributed by atoms with E-state index in [2.05, 4.69) is 15.0 Å². The molecule has 0 saturated carbocycles. The summed E-state index contributed by atoms with van der Waals surface area (Å²) in [5.74, 6) is -0.413. The number of pyridine rings is 1. The van der Waals surface area contributed by atoms with Crippen molar-refractivity contribution >= 4 is 39.2 Å². The lowest BCUT2D eigenvalue weighted by Gasteiger charge is -2.21. The number of amides is 1. The third kappa shape index (κ3) is 7.32. The Balaban J connectivity index is 1.76. The molecule has 0 unspecified atom stereocenters. The smallest absolute Gasteiger partial charge is 0.348 e. The first-order valence-electron chi connectivity index (χ1n) is 10.7. The van der Waals surface area contributed by atoms with Crippen LogP contribution in [0.3, 0.4) is 0 Å². The van der Waals surface area contributed by atoms with Crippen LogP contribution in [-0.2, 0) is 27.5 Å². The second-order valence-corrected chi connectivity index (χ2v) is 9.82. The molecule has 0 fully saturated rings. The van der Waals surface area contributed by atoms with Crippen LogP contribution in [0.25, 0.3) is 6.08 Å². The summed E-state index contributed by atoms with van der Waals surface area (Å²) in [5, 5.41) is 2.70. The van der Waals surface area contributed by atoms with Gasteiger partial charge in [-0.05, 0) is 54.5 Å². The number of hydrogen-bond donors (Lipinski definition) is 2. The number of nitrogens with zero attached hydrogens (tertiary/aromatic N) is 2. The molecule has 36 heavy (non-hydrogen) atoms. The summed E-state index contributed by atoms with van der Waals surface area (Å²) in [6.45, 7) is 1.91. The van der Waals surface area contributed by atoms with E-state index in [4.69, 9.17) is 0 Å². The second kappa shape index (κ2) is 10.8. The van der Waals surface area contributed by atoms with Gasteiger partial charge in [-0.1, -0.05) is 30.3 Å². The highest BCUT2D eigenvalue weighted by Crippen LogP contribution is 2.33. The van der Waals surface area contributed by atoms with Crippen molar-refractivity contribution in [1.82, 2.24) is 10.3 Å². The third-order valence-electron chi connectivity index (χ3n) is 5.12. The number of nitrogens with one attached hydrogen (secondary N) is 2. The second-order valence-electron chi connectivity index (χ2n) is 8.08. The first-order valence-corrected chi connectivity index (χ1v) is 12.6. The quantitative estimate of drug-likeness (QED) is 0.415. The van der Waals surface area contributed by atoms with Gasteiger partial charge in [0, 0.05) is 30.9 Å². The zero-order valence-corrected chi connectivity index (χ0v) is 20.6. The minimum absolute atomic E-state index is 0.0460. The van der Waals surface area contributed by atoms with Crippen LogP contribution in [0.4, 0.5) is 30.4 Å². The van der Waals surface area contributed by atoms with Crippen molar-refractivity contribution < 1.29 is 26.4 Å². The summed E-state index contributed by atoms with van der Waals surface area (Å²) >= 11 is 0. The maximum absolute atomic E-state index is 13.3. The molecule has 0 spiro atoms. The number of halogens is 3. The monoisotopic (exact) mass is 518 g/mol. The highest BCUT2D eigenvalue weighted by molar-refractivity contribution is 7.92. The Morgan fingerprint density at radius 2 is 1.78 bits per heavy atom. The fourth-order valence-corrected chi connectivity index (χ4v) is 3.98. The average Bonchev–Trinajstić information content (AvgIpc) is 2.81. The minimum atomic E-state index is -4.61. The van der Waals surface area contributed by atoms with E-state index in [9.17, 15) is 26.4 Å². The molecule has 2 aromatic carbocycles. The Morgan fingerprint density at radius 1 is 1.08 bits per heavy atom. The fraction of sp³-hybridized carbons (Fsp3) is 0.200. The maximum atomic E-state index is 13.3. The molecule has 0 aliphatic heterocycles. The Labute approximate surface area is 207 Å². The van der Waals surface area contributed by atoms with E-state index < -0.39 is 27.8 Å².